The van der Waals surface area contributed by atoms with Crippen molar-refractivity contribution >= 4 is 17.2 Å². The second-order valence-corrected chi connectivity index (χ2v) is 8.67. The van der Waals surface area contributed by atoms with Crippen molar-refractivity contribution in [2.45, 2.75) is 45.1 Å². The molecule has 0 unspecified atom stereocenters. The number of carbonyl (C=O) groups is 1. The highest BCUT2D eigenvalue weighted by atomic mass is 16.6. The van der Waals surface area contributed by atoms with Crippen molar-refractivity contribution in [2.24, 2.45) is 0 Å². The van der Waals surface area contributed by atoms with Crippen LogP contribution >= 0.6 is 0 Å². The summed E-state index contributed by atoms with van der Waals surface area (Å²) in [4.78, 5) is 18.7. The minimum Gasteiger partial charge on any atom is -0.444 e. The summed E-state index contributed by atoms with van der Waals surface area (Å²) in [7, 11) is 0. The highest BCUT2D eigenvalue weighted by molar-refractivity contribution is 5.80. The number of aromatic nitrogens is 1. The number of piperidine rings is 1. The van der Waals surface area contributed by atoms with E-state index in [0.29, 0.717) is 18.7 Å². The normalized spacial score (nSPS) is 15.2. The fourth-order valence-corrected chi connectivity index (χ4v) is 3.67. The highest BCUT2D eigenvalue weighted by Gasteiger charge is 2.29. The maximum absolute atomic E-state index is 12.3. The zero-order chi connectivity index (χ0) is 21.3. The summed E-state index contributed by atoms with van der Waals surface area (Å²) in [6.07, 6.45) is 1.34. The number of nitrogens with zero attached hydrogens (tertiary/aromatic N) is 3. The summed E-state index contributed by atoms with van der Waals surface area (Å²) >= 11 is 0. The standard InChI is InChI=1S/C24H25N3O3/c1-24(2,3)30-23(28)27-12-10-18(11-13-27)22-26-20-14-19(8-9-21(20)29-22)17-6-4-16(15-25)5-7-17/h4-9,14,18H,10-13H2,1-3H3. The Bertz CT molecular complexity index is 1100. The molecule has 0 bridgehead atoms. The van der Waals surface area contributed by atoms with E-state index in [2.05, 4.69) is 6.07 Å². The van der Waals surface area contributed by atoms with Crippen LogP contribution < -0.4 is 0 Å². The molecule has 154 valence electrons. The average molecular weight is 403 g/mol. The van der Waals surface area contributed by atoms with E-state index in [1.807, 2.05) is 63.2 Å². The van der Waals surface area contributed by atoms with E-state index in [0.717, 1.165) is 41.0 Å². The van der Waals surface area contributed by atoms with Crippen molar-refractivity contribution < 1.29 is 13.9 Å². The van der Waals surface area contributed by atoms with Gasteiger partial charge in [-0.1, -0.05) is 18.2 Å². The zero-order valence-corrected chi connectivity index (χ0v) is 17.5. The van der Waals surface area contributed by atoms with Gasteiger partial charge in [0.25, 0.3) is 0 Å². The third kappa shape index (κ3) is 4.30. The average Bonchev–Trinajstić information content (AvgIpc) is 3.16. The number of benzene rings is 2. The molecular weight excluding hydrogens is 378 g/mol. The minimum absolute atomic E-state index is 0.189. The summed E-state index contributed by atoms with van der Waals surface area (Å²) in [6, 6.07) is 15.6. The van der Waals surface area contributed by atoms with Crippen molar-refractivity contribution in [1.82, 2.24) is 9.88 Å². The number of ether oxygens (including phenoxy) is 1. The predicted octanol–water partition coefficient (Wildman–Crippen LogP) is 5.48. The maximum atomic E-state index is 12.3. The first kappa shape index (κ1) is 20.0. The number of nitriles is 1. The maximum Gasteiger partial charge on any atom is 0.410 e. The predicted molar refractivity (Wildman–Crippen MR) is 114 cm³/mol. The van der Waals surface area contributed by atoms with Gasteiger partial charge in [-0.05, 0) is 69.0 Å². The first-order valence-corrected chi connectivity index (χ1v) is 10.2. The van der Waals surface area contributed by atoms with E-state index in [-0.39, 0.29) is 12.0 Å². The van der Waals surface area contributed by atoms with Gasteiger partial charge in [0.15, 0.2) is 11.5 Å². The van der Waals surface area contributed by atoms with Crippen molar-refractivity contribution in [3.63, 3.8) is 0 Å². The topological polar surface area (TPSA) is 79.4 Å². The van der Waals surface area contributed by atoms with E-state index < -0.39 is 5.60 Å². The number of fused-ring (bicyclic) bond motifs is 1. The third-order valence-electron chi connectivity index (χ3n) is 5.25. The molecule has 6 nitrogen and oxygen atoms in total. The smallest absolute Gasteiger partial charge is 0.410 e. The minimum atomic E-state index is -0.485. The lowest BCUT2D eigenvalue weighted by atomic mass is 9.97. The summed E-state index contributed by atoms with van der Waals surface area (Å²) < 4.78 is 11.5. The fraction of sp³-hybridized carbons (Fsp3) is 0.375. The van der Waals surface area contributed by atoms with Crippen LogP contribution in [0.25, 0.3) is 22.2 Å². The van der Waals surface area contributed by atoms with Gasteiger partial charge in [0.1, 0.15) is 11.1 Å². The van der Waals surface area contributed by atoms with E-state index in [1.54, 1.807) is 4.90 Å². The zero-order valence-electron chi connectivity index (χ0n) is 17.5. The van der Waals surface area contributed by atoms with Crippen LogP contribution in [0.2, 0.25) is 0 Å². The highest BCUT2D eigenvalue weighted by Crippen LogP contribution is 2.32. The first-order valence-electron chi connectivity index (χ1n) is 10.2. The molecule has 0 aliphatic carbocycles. The molecule has 3 aromatic rings. The number of rotatable bonds is 2. The molecular formula is C24H25N3O3. The van der Waals surface area contributed by atoms with Gasteiger partial charge in [-0.3, -0.25) is 0 Å². The number of amides is 1. The molecule has 1 saturated heterocycles. The summed E-state index contributed by atoms with van der Waals surface area (Å²) in [5.41, 5.74) is 3.80. The van der Waals surface area contributed by atoms with E-state index in [1.165, 1.54) is 0 Å². The van der Waals surface area contributed by atoms with Crippen LogP contribution in [0.5, 0.6) is 0 Å². The van der Waals surface area contributed by atoms with Gasteiger partial charge < -0.3 is 14.1 Å². The molecule has 1 aromatic heterocycles. The Kier molecular flexibility index (Phi) is 5.21. The summed E-state index contributed by atoms with van der Waals surface area (Å²) in [5.74, 6) is 0.917. The molecule has 30 heavy (non-hydrogen) atoms. The van der Waals surface area contributed by atoms with E-state index in [9.17, 15) is 4.79 Å². The van der Waals surface area contributed by atoms with Crippen LogP contribution in [0.4, 0.5) is 4.79 Å². The second kappa shape index (κ2) is 7.83. The van der Waals surface area contributed by atoms with Crippen molar-refractivity contribution in [1.29, 1.82) is 5.26 Å². The summed E-state index contributed by atoms with van der Waals surface area (Å²) in [6.45, 7) is 6.90. The van der Waals surface area contributed by atoms with Crippen LogP contribution in [-0.4, -0.2) is 34.7 Å². The number of oxazole rings is 1. The number of hydrogen-bond donors (Lipinski definition) is 0. The Hall–Kier alpha value is -3.33. The largest absolute Gasteiger partial charge is 0.444 e. The molecule has 1 aliphatic heterocycles. The molecule has 0 atom stereocenters. The Morgan fingerprint density at radius 2 is 1.80 bits per heavy atom. The van der Waals surface area contributed by atoms with Gasteiger partial charge in [0.05, 0.1) is 11.6 Å². The Morgan fingerprint density at radius 3 is 2.43 bits per heavy atom. The van der Waals surface area contributed by atoms with Crippen molar-refractivity contribution in [2.75, 3.05) is 13.1 Å². The molecule has 0 spiro atoms. The Morgan fingerprint density at radius 1 is 1.13 bits per heavy atom. The molecule has 1 amide bonds. The van der Waals surface area contributed by atoms with E-state index in [4.69, 9.17) is 19.4 Å². The van der Waals surface area contributed by atoms with Gasteiger partial charge in [0.2, 0.25) is 0 Å². The lowest BCUT2D eigenvalue weighted by Gasteiger charge is -2.32. The summed E-state index contributed by atoms with van der Waals surface area (Å²) in [5, 5.41) is 8.96. The molecule has 1 fully saturated rings. The Labute approximate surface area is 176 Å². The molecule has 1 aliphatic rings. The molecule has 0 N–H and O–H groups in total. The number of likely N-dealkylation sites (tertiary alicyclic amines) is 1. The lowest BCUT2D eigenvalue weighted by molar-refractivity contribution is 0.0199. The SMILES string of the molecule is CC(C)(C)OC(=O)N1CCC(c2nc3cc(-c4ccc(C#N)cc4)ccc3o2)CC1. The fourth-order valence-electron chi connectivity index (χ4n) is 3.67. The lowest BCUT2D eigenvalue weighted by Crippen LogP contribution is -2.41. The van der Waals surface area contributed by atoms with Gasteiger partial charge >= 0.3 is 6.09 Å². The van der Waals surface area contributed by atoms with Crippen molar-refractivity contribution in [3.8, 4) is 17.2 Å². The number of hydrogen-bond acceptors (Lipinski definition) is 5. The molecule has 0 radical (unpaired) electrons. The van der Waals surface area contributed by atoms with E-state index >= 15 is 0 Å². The van der Waals surface area contributed by atoms with Crippen molar-refractivity contribution in [3.05, 3.63) is 53.9 Å². The monoisotopic (exact) mass is 403 g/mol. The third-order valence-corrected chi connectivity index (χ3v) is 5.25. The van der Waals surface area contributed by atoms with Crippen LogP contribution in [0.1, 0.15) is 51.0 Å². The van der Waals surface area contributed by atoms with Gasteiger partial charge in [0, 0.05) is 19.0 Å². The van der Waals surface area contributed by atoms with Gasteiger partial charge in [-0.2, -0.15) is 5.26 Å². The molecule has 6 heteroatoms. The van der Waals surface area contributed by atoms with Crippen LogP contribution in [0, 0.1) is 11.3 Å². The van der Waals surface area contributed by atoms with Crippen LogP contribution in [-0.2, 0) is 4.74 Å². The first-order chi connectivity index (χ1) is 14.3. The molecule has 2 heterocycles. The van der Waals surface area contributed by atoms with Gasteiger partial charge in [-0.25, -0.2) is 9.78 Å². The van der Waals surface area contributed by atoms with Crippen LogP contribution in [0.15, 0.2) is 46.9 Å². The van der Waals surface area contributed by atoms with Crippen LogP contribution in [0.3, 0.4) is 0 Å². The molecule has 2 aromatic carbocycles. The molecule has 4 rings (SSSR count). The Balaban J connectivity index is 1.47. The second-order valence-electron chi connectivity index (χ2n) is 8.67. The quantitative estimate of drug-likeness (QED) is 0.566. The molecule has 0 saturated carbocycles. The van der Waals surface area contributed by atoms with Gasteiger partial charge in [-0.15, -0.1) is 0 Å². The number of carbonyl (C=O) groups excluding carboxylic acids is 1.